The predicted molar refractivity (Wildman–Crippen MR) is 61.3 cm³/mol. The lowest BCUT2D eigenvalue weighted by atomic mass is 9.84. The fourth-order valence-electron chi connectivity index (χ4n) is 1.62. The van der Waals surface area contributed by atoms with Gasteiger partial charge in [-0.15, -0.1) is 0 Å². The Labute approximate surface area is 103 Å². The number of halogens is 3. The first-order valence-corrected chi connectivity index (χ1v) is 5.44. The zero-order valence-electron chi connectivity index (χ0n) is 10.4. The van der Waals surface area contributed by atoms with E-state index in [0.717, 1.165) is 12.1 Å². The van der Waals surface area contributed by atoms with Crippen LogP contribution < -0.4 is 0 Å². The van der Waals surface area contributed by atoms with Crippen LogP contribution in [0.25, 0.3) is 0 Å². The zero-order valence-corrected chi connectivity index (χ0v) is 10.4. The molecule has 5 heteroatoms. The summed E-state index contributed by atoms with van der Waals surface area (Å²) in [6.45, 7) is 4.65. The number of carboxylic acid groups (broad SMARTS) is 1. The molecular weight excluding hydrogens is 245 g/mol. The number of aryl methyl sites for hydroxylation is 1. The van der Waals surface area contributed by atoms with Crippen molar-refractivity contribution in [1.29, 1.82) is 0 Å². The van der Waals surface area contributed by atoms with Crippen LogP contribution in [-0.2, 0) is 17.4 Å². The molecule has 0 aliphatic carbocycles. The third-order valence-corrected chi connectivity index (χ3v) is 2.88. The summed E-state index contributed by atoms with van der Waals surface area (Å²) in [5.74, 6) is -0.971. The highest BCUT2D eigenvalue weighted by Gasteiger charge is 2.32. The van der Waals surface area contributed by atoms with Crippen molar-refractivity contribution >= 4 is 5.97 Å². The molecule has 0 aliphatic rings. The van der Waals surface area contributed by atoms with Crippen LogP contribution in [0.2, 0.25) is 0 Å². The minimum absolute atomic E-state index is 0.201. The molecule has 0 fully saturated rings. The van der Waals surface area contributed by atoms with Crippen LogP contribution >= 0.6 is 0 Å². The lowest BCUT2D eigenvalue weighted by Gasteiger charge is -2.20. The molecule has 0 bridgehead atoms. The Morgan fingerprint density at radius 3 is 2.22 bits per heavy atom. The Morgan fingerprint density at radius 1 is 1.28 bits per heavy atom. The Bertz CT molecular complexity index is 462. The number of benzene rings is 1. The number of rotatable bonds is 3. The minimum atomic E-state index is -4.37. The van der Waals surface area contributed by atoms with Gasteiger partial charge in [0, 0.05) is 0 Å². The highest BCUT2D eigenvalue weighted by Crippen LogP contribution is 2.32. The van der Waals surface area contributed by atoms with Crippen LogP contribution in [0, 0.1) is 12.3 Å². The fourth-order valence-corrected chi connectivity index (χ4v) is 1.62. The summed E-state index contributed by atoms with van der Waals surface area (Å²) >= 11 is 0. The van der Waals surface area contributed by atoms with E-state index in [1.807, 2.05) is 0 Å². The molecule has 1 N–H and O–H groups in total. The first-order chi connectivity index (χ1) is 8.04. The van der Waals surface area contributed by atoms with Crippen LogP contribution in [0.3, 0.4) is 0 Å². The van der Waals surface area contributed by atoms with E-state index in [1.165, 1.54) is 6.07 Å². The second kappa shape index (κ2) is 4.63. The van der Waals surface area contributed by atoms with Crippen molar-refractivity contribution in [3.05, 3.63) is 34.9 Å². The van der Waals surface area contributed by atoms with Gasteiger partial charge in [0.25, 0.3) is 0 Å². The lowest BCUT2D eigenvalue weighted by Crippen LogP contribution is -2.26. The monoisotopic (exact) mass is 260 g/mol. The second-order valence-electron chi connectivity index (χ2n) is 5.00. The molecule has 1 aromatic rings. The minimum Gasteiger partial charge on any atom is -0.481 e. The Morgan fingerprint density at radius 2 is 1.83 bits per heavy atom. The molecule has 0 aliphatic heterocycles. The van der Waals surface area contributed by atoms with E-state index in [1.54, 1.807) is 20.8 Å². The van der Waals surface area contributed by atoms with Gasteiger partial charge in [0.05, 0.1) is 11.0 Å². The molecule has 0 heterocycles. The molecule has 1 aromatic carbocycles. The van der Waals surface area contributed by atoms with Crippen LogP contribution in [0.1, 0.15) is 30.5 Å². The fraction of sp³-hybridized carbons (Fsp3) is 0.462. The molecule has 2 nitrogen and oxygen atoms in total. The summed E-state index contributed by atoms with van der Waals surface area (Å²) in [5, 5.41) is 9.00. The predicted octanol–water partition coefficient (Wildman–Crippen LogP) is 3.67. The van der Waals surface area contributed by atoms with Crippen molar-refractivity contribution in [3.63, 3.8) is 0 Å². The van der Waals surface area contributed by atoms with Crippen LogP contribution in [0.5, 0.6) is 0 Å². The average molecular weight is 260 g/mol. The molecule has 0 aromatic heterocycles. The largest absolute Gasteiger partial charge is 0.481 e. The Hall–Kier alpha value is -1.52. The van der Waals surface area contributed by atoms with Gasteiger partial charge in [0.2, 0.25) is 0 Å². The molecule has 0 unspecified atom stereocenters. The number of carboxylic acids is 1. The van der Waals surface area contributed by atoms with E-state index >= 15 is 0 Å². The maximum absolute atomic E-state index is 12.5. The third kappa shape index (κ3) is 3.24. The maximum atomic E-state index is 12.5. The first kappa shape index (κ1) is 14.5. The van der Waals surface area contributed by atoms with Crippen LogP contribution in [0.4, 0.5) is 13.2 Å². The van der Waals surface area contributed by atoms with E-state index in [9.17, 15) is 18.0 Å². The lowest BCUT2D eigenvalue weighted by molar-refractivity contribution is -0.146. The molecule has 0 saturated heterocycles. The standard InChI is InChI=1S/C13H15F3O2/c1-8-6-10(13(14,15)16)5-4-9(8)7-12(2,3)11(17)18/h4-6H,7H2,1-3H3,(H,17,18). The average Bonchev–Trinajstić information content (AvgIpc) is 2.19. The quantitative estimate of drug-likeness (QED) is 0.900. The number of hydrogen-bond donors (Lipinski definition) is 1. The molecule has 0 saturated carbocycles. The van der Waals surface area contributed by atoms with Crippen molar-refractivity contribution in [2.45, 2.75) is 33.4 Å². The van der Waals surface area contributed by atoms with E-state index in [0.29, 0.717) is 11.1 Å². The molecule has 0 atom stereocenters. The van der Waals surface area contributed by atoms with Crippen LogP contribution in [-0.4, -0.2) is 11.1 Å². The van der Waals surface area contributed by atoms with Gasteiger partial charge in [-0.05, 0) is 50.5 Å². The number of aliphatic carboxylic acids is 1. The van der Waals surface area contributed by atoms with E-state index in [2.05, 4.69) is 0 Å². The summed E-state index contributed by atoms with van der Waals surface area (Å²) in [6, 6.07) is 3.39. The summed E-state index contributed by atoms with van der Waals surface area (Å²) in [7, 11) is 0. The number of carbonyl (C=O) groups is 1. The zero-order chi connectivity index (χ0) is 14.1. The Kier molecular flexibility index (Phi) is 3.74. The molecule has 1 rings (SSSR count). The molecule has 0 amide bonds. The van der Waals surface area contributed by atoms with Gasteiger partial charge in [0.15, 0.2) is 0 Å². The van der Waals surface area contributed by atoms with Gasteiger partial charge in [-0.25, -0.2) is 0 Å². The van der Waals surface area contributed by atoms with Gasteiger partial charge >= 0.3 is 12.1 Å². The van der Waals surface area contributed by atoms with Gasteiger partial charge < -0.3 is 5.11 Å². The molecular formula is C13H15F3O2. The van der Waals surface area contributed by atoms with Crippen molar-refractivity contribution in [3.8, 4) is 0 Å². The molecule has 0 spiro atoms. The smallest absolute Gasteiger partial charge is 0.416 e. The van der Waals surface area contributed by atoms with Crippen molar-refractivity contribution < 1.29 is 23.1 Å². The van der Waals surface area contributed by atoms with Crippen molar-refractivity contribution in [2.24, 2.45) is 5.41 Å². The van der Waals surface area contributed by atoms with Crippen molar-refractivity contribution in [2.75, 3.05) is 0 Å². The molecule has 100 valence electrons. The second-order valence-corrected chi connectivity index (χ2v) is 5.00. The van der Waals surface area contributed by atoms with E-state index in [-0.39, 0.29) is 6.42 Å². The summed E-state index contributed by atoms with van der Waals surface area (Å²) in [5.41, 5.74) is -0.628. The summed E-state index contributed by atoms with van der Waals surface area (Å²) in [4.78, 5) is 11.0. The SMILES string of the molecule is Cc1cc(C(F)(F)F)ccc1CC(C)(C)C(=O)O. The number of alkyl halides is 3. The Balaban J connectivity index is 3.04. The van der Waals surface area contributed by atoms with E-state index < -0.39 is 23.1 Å². The van der Waals surface area contributed by atoms with Crippen LogP contribution in [0.15, 0.2) is 18.2 Å². The summed E-state index contributed by atoms with van der Waals surface area (Å²) < 4.78 is 37.4. The van der Waals surface area contributed by atoms with Gasteiger partial charge in [-0.3, -0.25) is 4.79 Å². The summed E-state index contributed by atoms with van der Waals surface area (Å²) in [6.07, 6.45) is -4.17. The number of hydrogen-bond acceptors (Lipinski definition) is 1. The van der Waals surface area contributed by atoms with E-state index in [4.69, 9.17) is 5.11 Å². The van der Waals surface area contributed by atoms with Crippen molar-refractivity contribution in [1.82, 2.24) is 0 Å². The highest BCUT2D eigenvalue weighted by atomic mass is 19.4. The molecule has 18 heavy (non-hydrogen) atoms. The topological polar surface area (TPSA) is 37.3 Å². The van der Waals surface area contributed by atoms with Gasteiger partial charge in [-0.2, -0.15) is 13.2 Å². The van der Waals surface area contributed by atoms with Gasteiger partial charge in [0.1, 0.15) is 0 Å². The normalized spacial score (nSPS) is 12.6. The van der Waals surface area contributed by atoms with Gasteiger partial charge in [-0.1, -0.05) is 6.07 Å². The maximum Gasteiger partial charge on any atom is 0.416 e. The molecule has 0 radical (unpaired) electrons. The highest BCUT2D eigenvalue weighted by molar-refractivity contribution is 5.74. The third-order valence-electron chi connectivity index (χ3n) is 2.88. The first-order valence-electron chi connectivity index (χ1n) is 5.44.